The zero-order valence-corrected chi connectivity index (χ0v) is 12.5. The highest BCUT2D eigenvalue weighted by molar-refractivity contribution is 6.30. The van der Waals surface area contributed by atoms with Crippen molar-refractivity contribution in [1.29, 1.82) is 0 Å². The highest BCUT2D eigenvalue weighted by atomic mass is 35.5. The van der Waals surface area contributed by atoms with Crippen molar-refractivity contribution in [3.63, 3.8) is 0 Å². The van der Waals surface area contributed by atoms with Crippen LogP contribution in [0.2, 0.25) is 5.02 Å². The number of ether oxygens (including phenoxy) is 1. The Morgan fingerprint density at radius 3 is 2.65 bits per heavy atom. The summed E-state index contributed by atoms with van der Waals surface area (Å²) in [4.78, 5) is 12.6. The second-order valence-corrected chi connectivity index (χ2v) is 5.74. The Morgan fingerprint density at radius 2 is 2.05 bits per heavy atom. The molecule has 2 nitrogen and oxygen atoms in total. The lowest BCUT2D eigenvalue weighted by Gasteiger charge is -2.35. The van der Waals surface area contributed by atoms with Gasteiger partial charge in [-0.2, -0.15) is 0 Å². The van der Waals surface area contributed by atoms with Crippen LogP contribution < -0.4 is 0 Å². The molecule has 20 heavy (non-hydrogen) atoms. The number of ketones is 1. The number of benzene rings is 1. The van der Waals surface area contributed by atoms with E-state index in [1.807, 2.05) is 6.92 Å². The molecule has 0 aromatic heterocycles. The van der Waals surface area contributed by atoms with Gasteiger partial charge in [-0.25, -0.2) is 4.39 Å². The molecule has 0 spiro atoms. The Bertz CT molecular complexity index is 476. The van der Waals surface area contributed by atoms with Gasteiger partial charge < -0.3 is 4.74 Å². The van der Waals surface area contributed by atoms with Crippen molar-refractivity contribution in [1.82, 2.24) is 0 Å². The van der Waals surface area contributed by atoms with Crippen LogP contribution in [0.3, 0.4) is 0 Å². The van der Waals surface area contributed by atoms with Gasteiger partial charge in [0.25, 0.3) is 0 Å². The SMILES string of the molecule is CCOC1(C(=O)Cc2ccc(Cl)c(F)c2)CCCCC1. The van der Waals surface area contributed by atoms with E-state index in [0.717, 1.165) is 32.1 Å². The van der Waals surface area contributed by atoms with Crippen molar-refractivity contribution in [3.8, 4) is 0 Å². The van der Waals surface area contributed by atoms with E-state index in [1.54, 1.807) is 6.07 Å². The van der Waals surface area contributed by atoms with Gasteiger partial charge in [0.05, 0.1) is 5.02 Å². The van der Waals surface area contributed by atoms with E-state index in [4.69, 9.17) is 16.3 Å². The molecule has 0 bridgehead atoms. The van der Waals surface area contributed by atoms with Crippen LogP contribution in [0.15, 0.2) is 18.2 Å². The molecule has 0 radical (unpaired) electrons. The van der Waals surface area contributed by atoms with E-state index in [2.05, 4.69) is 0 Å². The summed E-state index contributed by atoms with van der Waals surface area (Å²) in [5.74, 6) is -0.424. The standard InChI is InChI=1S/C16H20ClFO2/c1-2-20-16(8-4-3-5-9-16)15(19)11-12-6-7-13(17)14(18)10-12/h6-7,10H,2-5,8-9,11H2,1H3. The predicted molar refractivity (Wildman–Crippen MR) is 77.6 cm³/mol. The molecule has 0 atom stereocenters. The third kappa shape index (κ3) is 3.39. The summed E-state index contributed by atoms with van der Waals surface area (Å²) in [7, 11) is 0. The molecule has 0 saturated heterocycles. The molecule has 0 unspecified atom stereocenters. The number of halogens is 2. The van der Waals surface area contributed by atoms with Gasteiger partial charge >= 0.3 is 0 Å². The number of rotatable bonds is 5. The summed E-state index contributed by atoms with van der Waals surface area (Å²) in [6.45, 7) is 2.44. The van der Waals surface area contributed by atoms with Crippen LogP contribution in [0, 0.1) is 5.82 Å². The van der Waals surface area contributed by atoms with Gasteiger partial charge in [0.2, 0.25) is 0 Å². The second kappa shape index (κ2) is 6.68. The Kier molecular flexibility index (Phi) is 5.17. The molecule has 0 amide bonds. The van der Waals surface area contributed by atoms with Gasteiger partial charge in [-0.15, -0.1) is 0 Å². The van der Waals surface area contributed by atoms with Gasteiger partial charge in [-0.3, -0.25) is 4.79 Å². The number of hydrogen-bond donors (Lipinski definition) is 0. The van der Waals surface area contributed by atoms with Gasteiger partial charge in [-0.05, 0) is 37.5 Å². The van der Waals surface area contributed by atoms with Crippen molar-refractivity contribution in [2.45, 2.75) is 51.0 Å². The van der Waals surface area contributed by atoms with Crippen molar-refractivity contribution in [3.05, 3.63) is 34.6 Å². The number of hydrogen-bond acceptors (Lipinski definition) is 2. The molecule has 4 heteroatoms. The molecule has 1 aliphatic rings. The first-order valence-corrected chi connectivity index (χ1v) is 7.56. The van der Waals surface area contributed by atoms with E-state index < -0.39 is 11.4 Å². The smallest absolute Gasteiger partial charge is 0.168 e. The summed E-state index contributed by atoms with van der Waals surface area (Å²) < 4.78 is 19.2. The number of Topliss-reactive ketones (excluding diaryl/α,β-unsaturated/α-hetero) is 1. The monoisotopic (exact) mass is 298 g/mol. The normalized spacial score (nSPS) is 17.9. The third-order valence-corrected chi connectivity index (χ3v) is 4.25. The maximum atomic E-state index is 13.4. The molecule has 1 aliphatic carbocycles. The number of carbonyl (C=O) groups is 1. The van der Waals surface area contributed by atoms with Crippen molar-refractivity contribution in [2.75, 3.05) is 6.61 Å². The van der Waals surface area contributed by atoms with Crippen LogP contribution in [0.4, 0.5) is 4.39 Å². The zero-order chi connectivity index (χ0) is 14.6. The molecule has 1 aromatic rings. The molecular formula is C16H20ClFO2. The molecule has 0 N–H and O–H groups in total. The molecule has 110 valence electrons. The van der Waals surface area contributed by atoms with Crippen LogP contribution >= 0.6 is 11.6 Å². The van der Waals surface area contributed by atoms with E-state index in [9.17, 15) is 9.18 Å². The molecule has 1 aromatic carbocycles. The van der Waals surface area contributed by atoms with E-state index >= 15 is 0 Å². The molecule has 0 aliphatic heterocycles. The fourth-order valence-electron chi connectivity index (χ4n) is 2.90. The number of carbonyl (C=O) groups excluding carboxylic acids is 1. The Labute approximate surface area is 124 Å². The first kappa shape index (κ1) is 15.5. The van der Waals surface area contributed by atoms with Gasteiger partial charge in [-0.1, -0.05) is 36.9 Å². The largest absolute Gasteiger partial charge is 0.367 e. The minimum Gasteiger partial charge on any atom is -0.367 e. The first-order valence-electron chi connectivity index (χ1n) is 7.18. The summed E-state index contributed by atoms with van der Waals surface area (Å²) in [5.41, 5.74) is -0.00936. The van der Waals surface area contributed by atoms with Crippen LogP contribution in [0.1, 0.15) is 44.6 Å². The maximum Gasteiger partial charge on any atom is 0.168 e. The minimum absolute atomic E-state index is 0.0563. The molecular weight excluding hydrogens is 279 g/mol. The topological polar surface area (TPSA) is 26.3 Å². The van der Waals surface area contributed by atoms with Crippen LogP contribution in [-0.2, 0) is 16.0 Å². The van der Waals surface area contributed by atoms with Crippen LogP contribution in [-0.4, -0.2) is 18.0 Å². The second-order valence-electron chi connectivity index (χ2n) is 5.34. The van der Waals surface area contributed by atoms with Gasteiger partial charge in [0, 0.05) is 13.0 Å². The van der Waals surface area contributed by atoms with E-state index in [1.165, 1.54) is 12.1 Å². The average Bonchev–Trinajstić information content (AvgIpc) is 2.44. The predicted octanol–water partition coefficient (Wildman–Crippen LogP) is 4.33. The lowest BCUT2D eigenvalue weighted by Crippen LogP contribution is -2.44. The van der Waals surface area contributed by atoms with Crippen molar-refractivity contribution in [2.24, 2.45) is 0 Å². The average molecular weight is 299 g/mol. The minimum atomic E-state index is -0.664. The quantitative estimate of drug-likeness (QED) is 0.809. The third-order valence-electron chi connectivity index (χ3n) is 3.94. The highest BCUT2D eigenvalue weighted by Crippen LogP contribution is 2.33. The Balaban J connectivity index is 2.13. The summed E-state index contributed by atoms with van der Waals surface area (Å²) in [6.07, 6.45) is 4.93. The van der Waals surface area contributed by atoms with Crippen LogP contribution in [0.25, 0.3) is 0 Å². The van der Waals surface area contributed by atoms with Gasteiger partial charge in [0.15, 0.2) is 5.78 Å². The van der Waals surface area contributed by atoms with E-state index in [-0.39, 0.29) is 17.2 Å². The summed E-state index contributed by atoms with van der Waals surface area (Å²) in [5, 5.41) is 0.0818. The lowest BCUT2D eigenvalue weighted by molar-refractivity contribution is -0.148. The maximum absolute atomic E-state index is 13.4. The summed E-state index contributed by atoms with van der Waals surface area (Å²) in [6, 6.07) is 4.53. The zero-order valence-electron chi connectivity index (χ0n) is 11.8. The molecule has 0 heterocycles. The van der Waals surface area contributed by atoms with Crippen LogP contribution in [0.5, 0.6) is 0 Å². The Hall–Kier alpha value is -0.930. The molecule has 1 saturated carbocycles. The highest BCUT2D eigenvalue weighted by Gasteiger charge is 2.39. The lowest BCUT2D eigenvalue weighted by atomic mass is 9.79. The van der Waals surface area contributed by atoms with Crippen molar-refractivity contribution >= 4 is 17.4 Å². The fraction of sp³-hybridized carbons (Fsp3) is 0.562. The molecule has 1 fully saturated rings. The van der Waals surface area contributed by atoms with Crippen molar-refractivity contribution < 1.29 is 13.9 Å². The molecule has 2 rings (SSSR count). The fourth-order valence-corrected chi connectivity index (χ4v) is 3.02. The van der Waals surface area contributed by atoms with Gasteiger partial charge in [0.1, 0.15) is 11.4 Å². The van der Waals surface area contributed by atoms with E-state index in [0.29, 0.717) is 12.2 Å². The Morgan fingerprint density at radius 1 is 1.35 bits per heavy atom. The first-order chi connectivity index (χ1) is 9.57. The summed E-state index contributed by atoms with van der Waals surface area (Å²) >= 11 is 5.66.